The lowest BCUT2D eigenvalue weighted by Crippen LogP contribution is -2.36. The van der Waals surface area contributed by atoms with Crippen LogP contribution in [0.4, 0.5) is 0 Å². The largest absolute Gasteiger partial charge is 0.493 e. The van der Waals surface area contributed by atoms with E-state index in [0.29, 0.717) is 24.6 Å². The fraction of sp³-hybridized carbons (Fsp3) is 0.364. The van der Waals surface area contributed by atoms with E-state index in [0.717, 1.165) is 22.2 Å². The van der Waals surface area contributed by atoms with Crippen molar-refractivity contribution < 1.29 is 19.3 Å². The maximum absolute atomic E-state index is 10.2. The van der Waals surface area contributed by atoms with E-state index in [-0.39, 0.29) is 12.7 Å². The molecule has 3 aromatic rings. The predicted octanol–water partition coefficient (Wildman–Crippen LogP) is 3.28. The summed E-state index contributed by atoms with van der Waals surface area (Å²) in [5.74, 6) is 2.19. The monoisotopic (exact) mass is 384 g/mol. The standard InChI is InChI=1S/C22H28N2O4/c1-15-10-19-18(8-9-24-19)22(11-15)27-14-17(25)13-23-12-16(2)28-21-7-5-4-6-20(21)26-3/h4-11,16-17,23-25H,12-14H2,1-3H3. The molecule has 2 aromatic carbocycles. The Kier molecular flexibility index (Phi) is 6.79. The molecule has 2 atom stereocenters. The van der Waals surface area contributed by atoms with Gasteiger partial charge in [0.2, 0.25) is 0 Å². The van der Waals surface area contributed by atoms with Crippen molar-refractivity contribution in [3.63, 3.8) is 0 Å². The fourth-order valence-electron chi connectivity index (χ4n) is 3.06. The van der Waals surface area contributed by atoms with Gasteiger partial charge in [-0.05, 0) is 49.7 Å². The highest BCUT2D eigenvalue weighted by atomic mass is 16.5. The molecule has 0 saturated carbocycles. The summed E-state index contributed by atoms with van der Waals surface area (Å²) in [6, 6.07) is 13.6. The molecular formula is C22H28N2O4. The van der Waals surface area contributed by atoms with Crippen LogP contribution in [0.5, 0.6) is 17.2 Å². The minimum absolute atomic E-state index is 0.0688. The summed E-state index contributed by atoms with van der Waals surface area (Å²) in [6.07, 6.45) is 1.20. The van der Waals surface area contributed by atoms with E-state index in [2.05, 4.69) is 16.4 Å². The molecule has 6 nitrogen and oxygen atoms in total. The van der Waals surface area contributed by atoms with Crippen LogP contribution >= 0.6 is 0 Å². The number of hydrogen-bond donors (Lipinski definition) is 3. The van der Waals surface area contributed by atoms with Crippen molar-refractivity contribution in [2.45, 2.75) is 26.1 Å². The van der Waals surface area contributed by atoms with E-state index in [1.165, 1.54) is 0 Å². The number of rotatable bonds is 10. The zero-order valence-electron chi connectivity index (χ0n) is 16.6. The van der Waals surface area contributed by atoms with Gasteiger partial charge in [-0.1, -0.05) is 12.1 Å². The van der Waals surface area contributed by atoms with Gasteiger partial charge in [0.25, 0.3) is 0 Å². The van der Waals surface area contributed by atoms with Gasteiger partial charge in [-0.2, -0.15) is 0 Å². The molecule has 3 N–H and O–H groups in total. The van der Waals surface area contributed by atoms with Crippen LogP contribution < -0.4 is 19.5 Å². The lowest BCUT2D eigenvalue weighted by atomic mass is 10.1. The van der Waals surface area contributed by atoms with Gasteiger partial charge in [-0.25, -0.2) is 0 Å². The number of ether oxygens (including phenoxy) is 3. The summed E-state index contributed by atoms with van der Waals surface area (Å²) in [6.45, 7) is 5.23. The maximum atomic E-state index is 10.2. The zero-order valence-corrected chi connectivity index (χ0v) is 16.6. The van der Waals surface area contributed by atoms with Gasteiger partial charge in [0.05, 0.1) is 7.11 Å². The summed E-state index contributed by atoms with van der Waals surface area (Å²) in [4.78, 5) is 3.19. The first-order valence-corrected chi connectivity index (χ1v) is 9.46. The number of aromatic amines is 1. The Morgan fingerprint density at radius 3 is 2.64 bits per heavy atom. The van der Waals surface area contributed by atoms with Gasteiger partial charge >= 0.3 is 0 Å². The van der Waals surface area contributed by atoms with Crippen LogP contribution in [0.3, 0.4) is 0 Å². The Hall–Kier alpha value is -2.70. The number of aryl methyl sites for hydroxylation is 1. The molecule has 0 aliphatic heterocycles. The molecule has 1 heterocycles. The first-order chi connectivity index (χ1) is 13.6. The molecule has 0 radical (unpaired) electrons. The molecule has 0 aliphatic rings. The first-order valence-electron chi connectivity index (χ1n) is 9.46. The number of aromatic nitrogens is 1. The van der Waals surface area contributed by atoms with Crippen molar-refractivity contribution in [3.05, 3.63) is 54.2 Å². The molecule has 0 saturated heterocycles. The van der Waals surface area contributed by atoms with Crippen molar-refractivity contribution in [3.8, 4) is 17.2 Å². The van der Waals surface area contributed by atoms with Gasteiger partial charge in [-0.3, -0.25) is 0 Å². The first kappa shape index (κ1) is 20.0. The van der Waals surface area contributed by atoms with Crippen LogP contribution in [-0.2, 0) is 0 Å². The third kappa shape index (κ3) is 5.18. The number of para-hydroxylation sites is 2. The van der Waals surface area contributed by atoms with Crippen LogP contribution in [0.2, 0.25) is 0 Å². The second-order valence-corrected chi connectivity index (χ2v) is 6.90. The molecule has 3 rings (SSSR count). The van der Waals surface area contributed by atoms with Crippen LogP contribution in [0.1, 0.15) is 12.5 Å². The van der Waals surface area contributed by atoms with Crippen LogP contribution in [-0.4, -0.2) is 49.1 Å². The lowest BCUT2D eigenvalue weighted by Gasteiger charge is -2.19. The average molecular weight is 384 g/mol. The van der Waals surface area contributed by atoms with E-state index >= 15 is 0 Å². The number of methoxy groups -OCH3 is 1. The van der Waals surface area contributed by atoms with Crippen LogP contribution in [0, 0.1) is 6.92 Å². The summed E-state index contributed by atoms with van der Waals surface area (Å²) in [7, 11) is 1.62. The molecule has 150 valence electrons. The number of aliphatic hydroxyl groups is 1. The van der Waals surface area contributed by atoms with Crippen molar-refractivity contribution >= 4 is 10.9 Å². The maximum Gasteiger partial charge on any atom is 0.161 e. The third-order valence-electron chi connectivity index (χ3n) is 4.42. The number of hydrogen-bond acceptors (Lipinski definition) is 5. The van der Waals surface area contributed by atoms with Crippen LogP contribution in [0.15, 0.2) is 48.7 Å². The van der Waals surface area contributed by atoms with Crippen molar-refractivity contribution in [1.82, 2.24) is 10.3 Å². The number of fused-ring (bicyclic) bond motifs is 1. The summed E-state index contributed by atoms with van der Waals surface area (Å²) in [5.41, 5.74) is 2.14. The van der Waals surface area contributed by atoms with E-state index in [1.807, 2.05) is 56.4 Å². The highest BCUT2D eigenvalue weighted by Crippen LogP contribution is 2.27. The minimum Gasteiger partial charge on any atom is -0.493 e. The Bertz CT molecular complexity index is 893. The van der Waals surface area contributed by atoms with Crippen molar-refractivity contribution in [2.24, 2.45) is 0 Å². The van der Waals surface area contributed by atoms with Crippen LogP contribution in [0.25, 0.3) is 10.9 Å². The predicted molar refractivity (Wildman–Crippen MR) is 110 cm³/mol. The molecule has 28 heavy (non-hydrogen) atoms. The summed E-state index contributed by atoms with van der Waals surface area (Å²) >= 11 is 0. The summed E-state index contributed by atoms with van der Waals surface area (Å²) < 4.78 is 17.0. The smallest absolute Gasteiger partial charge is 0.161 e. The number of benzene rings is 2. The van der Waals surface area contributed by atoms with E-state index in [1.54, 1.807) is 7.11 Å². The van der Waals surface area contributed by atoms with E-state index < -0.39 is 6.10 Å². The van der Waals surface area contributed by atoms with Gasteiger partial charge < -0.3 is 29.6 Å². The molecule has 6 heteroatoms. The topological polar surface area (TPSA) is 75.7 Å². The van der Waals surface area contributed by atoms with Crippen molar-refractivity contribution in [2.75, 3.05) is 26.8 Å². The number of nitrogens with one attached hydrogen (secondary N) is 2. The van der Waals surface area contributed by atoms with Gasteiger partial charge in [0.1, 0.15) is 24.6 Å². The Labute approximate surface area is 165 Å². The SMILES string of the molecule is COc1ccccc1OC(C)CNCC(O)COc1cc(C)cc2[nH]ccc12. The molecule has 0 aliphatic carbocycles. The van der Waals surface area contributed by atoms with Gasteiger partial charge in [0, 0.05) is 30.2 Å². The molecule has 0 fully saturated rings. The zero-order chi connectivity index (χ0) is 19.9. The number of H-pyrrole nitrogens is 1. The molecule has 0 amide bonds. The summed E-state index contributed by atoms with van der Waals surface area (Å²) in [5, 5.41) is 14.5. The third-order valence-corrected chi connectivity index (χ3v) is 4.42. The van der Waals surface area contributed by atoms with Gasteiger partial charge in [-0.15, -0.1) is 0 Å². The van der Waals surface area contributed by atoms with E-state index in [9.17, 15) is 5.11 Å². The number of aliphatic hydroxyl groups excluding tert-OH is 1. The molecule has 0 spiro atoms. The fourth-order valence-corrected chi connectivity index (χ4v) is 3.06. The highest BCUT2D eigenvalue weighted by molar-refractivity contribution is 5.86. The molecule has 1 aromatic heterocycles. The second-order valence-electron chi connectivity index (χ2n) is 6.90. The molecule has 2 unspecified atom stereocenters. The Balaban J connectivity index is 1.43. The molecular weight excluding hydrogens is 356 g/mol. The molecule has 0 bridgehead atoms. The second kappa shape index (κ2) is 9.48. The average Bonchev–Trinajstić information content (AvgIpc) is 3.15. The lowest BCUT2D eigenvalue weighted by molar-refractivity contribution is 0.103. The highest BCUT2D eigenvalue weighted by Gasteiger charge is 2.11. The van der Waals surface area contributed by atoms with Gasteiger partial charge in [0.15, 0.2) is 11.5 Å². The normalized spacial score (nSPS) is 13.3. The quantitative estimate of drug-likeness (QED) is 0.500. The Morgan fingerprint density at radius 2 is 1.86 bits per heavy atom. The van der Waals surface area contributed by atoms with E-state index in [4.69, 9.17) is 14.2 Å². The minimum atomic E-state index is -0.618. The Morgan fingerprint density at radius 1 is 1.07 bits per heavy atom. The van der Waals surface area contributed by atoms with Crippen molar-refractivity contribution in [1.29, 1.82) is 0 Å².